The van der Waals surface area contributed by atoms with Gasteiger partial charge >= 0.3 is 19.0 Å². The Kier molecular flexibility index (Phi) is 7.60. The van der Waals surface area contributed by atoms with Crippen LogP contribution in [-0.4, -0.2) is 56.9 Å². The zero-order chi connectivity index (χ0) is 17.7. The van der Waals surface area contributed by atoms with Crippen LogP contribution in [0.3, 0.4) is 0 Å². The summed E-state index contributed by atoms with van der Waals surface area (Å²) in [6.07, 6.45) is -2.48. The van der Waals surface area contributed by atoms with Crippen molar-refractivity contribution in [3.05, 3.63) is 0 Å². The highest BCUT2D eigenvalue weighted by Crippen LogP contribution is 2.44. The van der Waals surface area contributed by atoms with Crippen LogP contribution in [0.2, 0.25) is 0 Å². The highest BCUT2D eigenvalue weighted by Gasteiger charge is 2.69. The molecule has 0 radical (unpaired) electrons. The van der Waals surface area contributed by atoms with Crippen molar-refractivity contribution in [1.29, 1.82) is 0 Å². The Morgan fingerprint density at radius 2 is 1.45 bits per heavy atom. The van der Waals surface area contributed by atoms with Gasteiger partial charge in [-0.15, -0.1) is 0 Å². The van der Waals surface area contributed by atoms with Crippen LogP contribution in [0.1, 0.15) is 26.2 Å². The van der Waals surface area contributed by atoms with Gasteiger partial charge in [0, 0.05) is 20.0 Å². The summed E-state index contributed by atoms with van der Waals surface area (Å²) in [5.74, 6) is -6.56. The van der Waals surface area contributed by atoms with E-state index in [4.69, 9.17) is 4.74 Å². The summed E-state index contributed by atoms with van der Waals surface area (Å²) in [5, 5.41) is 0. The number of ether oxygens (including phenoxy) is 1. The Balaban J connectivity index is 0.000000401. The van der Waals surface area contributed by atoms with Crippen LogP contribution >= 0.6 is 0 Å². The molecule has 134 valence electrons. The maximum absolute atomic E-state index is 11.2. The summed E-state index contributed by atoms with van der Waals surface area (Å²) in [7, 11) is 1.81. The normalized spacial score (nSPS) is 18.8. The lowest BCUT2D eigenvalue weighted by atomic mass is 9.80. The molecule has 1 aliphatic heterocycles. The Hall–Kier alpha value is -0.575. The molecule has 0 aliphatic carbocycles. The topological polar surface area (TPSA) is 9.23 Å². The minimum absolute atomic E-state index is 0.924. The first-order valence-electron chi connectivity index (χ1n) is 6.81. The third kappa shape index (κ3) is 5.56. The Bertz CT molecular complexity index is 301. The molecule has 1 heterocycles. The molecule has 0 saturated carbocycles. The first kappa shape index (κ1) is 21.4. The predicted octanol–water partition coefficient (Wildman–Crippen LogP) is 4.18. The van der Waals surface area contributed by atoms with Crippen molar-refractivity contribution >= 4 is 6.98 Å². The molecule has 0 aromatic heterocycles. The lowest BCUT2D eigenvalue weighted by molar-refractivity contribution is -0.934. The maximum Gasteiger partial charge on any atom is 0.558 e. The summed E-state index contributed by atoms with van der Waals surface area (Å²) in [4.78, 5) is 0. The Labute approximate surface area is 124 Å². The third-order valence-electron chi connectivity index (χ3n) is 3.40. The summed E-state index contributed by atoms with van der Waals surface area (Å²) in [6, 6.07) is 0. The van der Waals surface area contributed by atoms with Gasteiger partial charge in [-0.1, -0.05) is 6.92 Å². The van der Waals surface area contributed by atoms with Gasteiger partial charge in [0.2, 0.25) is 0 Å². The van der Waals surface area contributed by atoms with Crippen molar-refractivity contribution in [3.8, 4) is 0 Å². The van der Waals surface area contributed by atoms with Crippen LogP contribution in [0.4, 0.5) is 34.9 Å². The molecule has 0 N–H and O–H groups in total. The minimum atomic E-state index is -7.21. The fraction of sp³-hybridized carbons (Fsp3) is 1.00. The summed E-state index contributed by atoms with van der Waals surface area (Å²) < 4.78 is 94.3. The summed E-state index contributed by atoms with van der Waals surface area (Å²) in [5.41, 5.74) is 0. The number of hydrogen-bond acceptors (Lipinski definition) is 1. The van der Waals surface area contributed by atoms with Crippen LogP contribution in [-0.2, 0) is 4.74 Å². The molecule has 1 rings (SSSR count). The first-order valence-corrected chi connectivity index (χ1v) is 6.81. The van der Waals surface area contributed by atoms with Gasteiger partial charge in [0.25, 0.3) is 0 Å². The molecule has 0 atom stereocenters. The average molecular weight is 345 g/mol. The maximum atomic E-state index is 11.2. The molecule has 0 unspecified atom stereocenters. The fourth-order valence-electron chi connectivity index (χ4n) is 2.36. The standard InChI is InChI=1S/C9H20NO.C2BF8/c1-3-6-10(9-11-2)7-4-5-8-10;4-1(5,2(6,7)8)3(9,10)11/h3-9H2,1-2H3;/q+1;-1. The molecule has 11 heteroatoms. The van der Waals surface area contributed by atoms with Crippen molar-refractivity contribution in [2.75, 3.05) is 33.5 Å². The lowest BCUT2D eigenvalue weighted by Gasteiger charge is -2.32. The van der Waals surface area contributed by atoms with E-state index in [0.717, 1.165) is 6.73 Å². The molecular formula is C11H20BF8NO. The van der Waals surface area contributed by atoms with Crippen LogP contribution in [0.25, 0.3) is 0 Å². The van der Waals surface area contributed by atoms with Gasteiger partial charge in [-0.05, 0) is 6.42 Å². The minimum Gasteiger partial charge on any atom is -0.445 e. The number of rotatable bonds is 5. The molecule has 0 aromatic rings. The van der Waals surface area contributed by atoms with Crippen molar-refractivity contribution in [2.24, 2.45) is 0 Å². The summed E-state index contributed by atoms with van der Waals surface area (Å²) in [6.45, 7) is -0.0565. The Morgan fingerprint density at radius 1 is 1.00 bits per heavy atom. The van der Waals surface area contributed by atoms with E-state index in [1.165, 1.54) is 43.4 Å². The molecule has 22 heavy (non-hydrogen) atoms. The van der Waals surface area contributed by atoms with Gasteiger partial charge in [-0.2, -0.15) is 13.2 Å². The molecule has 1 saturated heterocycles. The number of halogens is 8. The first-order chi connectivity index (χ1) is 9.83. The lowest BCUT2D eigenvalue weighted by Crippen LogP contribution is -2.53. The second kappa shape index (κ2) is 7.80. The zero-order valence-corrected chi connectivity index (χ0v) is 12.4. The molecular weight excluding hydrogens is 325 g/mol. The van der Waals surface area contributed by atoms with E-state index in [-0.39, 0.29) is 0 Å². The second-order valence-electron chi connectivity index (χ2n) is 5.33. The van der Waals surface area contributed by atoms with Gasteiger partial charge < -0.3 is 22.2 Å². The van der Waals surface area contributed by atoms with Gasteiger partial charge in [0.05, 0.1) is 19.6 Å². The van der Waals surface area contributed by atoms with E-state index >= 15 is 0 Å². The van der Waals surface area contributed by atoms with Crippen LogP contribution in [0, 0.1) is 0 Å². The van der Waals surface area contributed by atoms with Gasteiger partial charge in [-0.25, -0.2) is 8.78 Å². The van der Waals surface area contributed by atoms with E-state index in [2.05, 4.69) is 6.92 Å². The number of nitrogens with zero attached hydrogens (tertiary/aromatic N) is 1. The highest BCUT2D eigenvalue weighted by molar-refractivity contribution is 6.61. The number of alkyl halides is 5. The predicted molar refractivity (Wildman–Crippen MR) is 66.3 cm³/mol. The molecule has 0 amide bonds. The Morgan fingerprint density at radius 3 is 1.68 bits per heavy atom. The van der Waals surface area contributed by atoms with E-state index < -0.39 is 19.0 Å². The van der Waals surface area contributed by atoms with Crippen LogP contribution < -0.4 is 0 Å². The second-order valence-corrected chi connectivity index (χ2v) is 5.33. The van der Waals surface area contributed by atoms with Crippen LogP contribution in [0.5, 0.6) is 0 Å². The molecule has 1 aliphatic rings. The van der Waals surface area contributed by atoms with Gasteiger partial charge in [0.1, 0.15) is 0 Å². The number of likely N-dealkylation sites (tertiary alicyclic amines) is 1. The van der Waals surface area contributed by atoms with E-state index in [0.29, 0.717) is 0 Å². The fourth-order valence-corrected chi connectivity index (χ4v) is 2.36. The molecule has 2 nitrogen and oxygen atoms in total. The monoisotopic (exact) mass is 345 g/mol. The SMILES string of the molecule is CCC[N+]1(COC)CCCC1.F[B-](F)(F)C(F)(F)C(F)(F)F. The largest absolute Gasteiger partial charge is 0.558 e. The van der Waals surface area contributed by atoms with Crippen molar-refractivity contribution in [2.45, 2.75) is 38.2 Å². The van der Waals surface area contributed by atoms with E-state index in [1.54, 1.807) is 0 Å². The zero-order valence-electron chi connectivity index (χ0n) is 12.4. The number of methoxy groups -OCH3 is 1. The highest BCUT2D eigenvalue weighted by atomic mass is 19.4. The van der Waals surface area contributed by atoms with Crippen molar-refractivity contribution in [1.82, 2.24) is 0 Å². The average Bonchev–Trinajstić information content (AvgIpc) is 2.76. The van der Waals surface area contributed by atoms with E-state index in [1.807, 2.05) is 7.11 Å². The van der Waals surface area contributed by atoms with Gasteiger partial charge in [-0.3, -0.25) is 0 Å². The molecule has 0 bridgehead atoms. The molecule has 1 fully saturated rings. The number of quaternary nitrogens is 1. The quantitative estimate of drug-likeness (QED) is 0.413. The van der Waals surface area contributed by atoms with Crippen LogP contribution in [0.15, 0.2) is 0 Å². The van der Waals surface area contributed by atoms with E-state index in [9.17, 15) is 34.9 Å². The van der Waals surface area contributed by atoms with Gasteiger partial charge in [0.15, 0.2) is 6.73 Å². The molecule has 0 spiro atoms. The third-order valence-corrected chi connectivity index (χ3v) is 3.40. The molecule has 0 aromatic carbocycles. The summed E-state index contributed by atoms with van der Waals surface area (Å²) >= 11 is 0. The smallest absolute Gasteiger partial charge is 0.445 e. The van der Waals surface area contributed by atoms with Crippen molar-refractivity contribution in [3.63, 3.8) is 0 Å². The number of hydrogen-bond donors (Lipinski definition) is 0. The van der Waals surface area contributed by atoms with Crippen molar-refractivity contribution < 1.29 is 44.1 Å².